The average molecular weight is 402 g/mol. The number of nitrogens with one attached hydrogen (secondary N) is 1. The summed E-state index contributed by atoms with van der Waals surface area (Å²) in [5, 5.41) is 3.65. The van der Waals surface area contributed by atoms with Crippen LogP contribution >= 0.6 is 28.3 Å². The van der Waals surface area contributed by atoms with Crippen LogP contribution in [0.25, 0.3) is 0 Å². The van der Waals surface area contributed by atoms with Crippen molar-refractivity contribution in [2.45, 2.75) is 51.1 Å². The minimum Gasteiger partial charge on any atom is -0.339 e. The summed E-state index contributed by atoms with van der Waals surface area (Å²) in [6, 6.07) is 9.35. The van der Waals surface area contributed by atoms with Gasteiger partial charge in [0, 0.05) is 35.6 Å². The maximum atomic E-state index is 12.9. The molecule has 2 heterocycles. The molecule has 1 amide bonds. The first-order valence-electron chi connectivity index (χ1n) is 8.45. The second kappa shape index (κ2) is 8.50. The molecule has 3 unspecified atom stereocenters. The summed E-state index contributed by atoms with van der Waals surface area (Å²) in [6.45, 7) is 3.91. The molecule has 1 aromatic rings. The monoisotopic (exact) mass is 400 g/mol. The van der Waals surface area contributed by atoms with E-state index in [-0.39, 0.29) is 18.3 Å². The Labute approximate surface area is 153 Å². The Balaban J connectivity index is 0.00000192. The van der Waals surface area contributed by atoms with Crippen molar-refractivity contribution in [1.29, 1.82) is 0 Å². The topological polar surface area (TPSA) is 32.3 Å². The van der Waals surface area contributed by atoms with Crippen LogP contribution < -0.4 is 5.32 Å². The molecule has 5 heteroatoms. The molecule has 0 spiro atoms. The van der Waals surface area contributed by atoms with Crippen molar-refractivity contribution in [2.24, 2.45) is 5.92 Å². The van der Waals surface area contributed by atoms with Crippen LogP contribution in [0.1, 0.15) is 38.2 Å². The first-order valence-corrected chi connectivity index (χ1v) is 9.24. The fraction of sp³-hybridized carbons (Fsp3) is 0.611. The second-order valence-electron chi connectivity index (χ2n) is 6.67. The number of piperidine rings is 1. The first-order chi connectivity index (χ1) is 10.7. The Morgan fingerprint density at radius 3 is 2.65 bits per heavy atom. The summed E-state index contributed by atoms with van der Waals surface area (Å²) in [5.41, 5.74) is 1.24. The van der Waals surface area contributed by atoms with Gasteiger partial charge in [-0.25, -0.2) is 0 Å². The molecule has 2 fully saturated rings. The largest absolute Gasteiger partial charge is 0.339 e. The molecule has 3 rings (SSSR count). The number of hydrogen-bond donors (Lipinski definition) is 1. The van der Waals surface area contributed by atoms with Crippen LogP contribution in [0.15, 0.2) is 28.7 Å². The van der Waals surface area contributed by atoms with Gasteiger partial charge < -0.3 is 10.2 Å². The lowest BCUT2D eigenvalue weighted by Gasteiger charge is -2.43. The highest BCUT2D eigenvalue weighted by Gasteiger charge is 2.34. The number of likely N-dealkylation sites (tertiary alicyclic amines) is 1. The number of carbonyl (C=O) groups is 1. The lowest BCUT2D eigenvalue weighted by Crippen LogP contribution is -2.60. The number of amides is 1. The summed E-state index contributed by atoms with van der Waals surface area (Å²) >= 11 is 3.52. The van der Waals surface area contributed by atoms with E-state index >= 15 is 0 Å². The van der Waals surface area contributed by atoms with Crippen LogP contribution in [-0.4, -0.2) is 36.0 Å². The number of hydrogen-bond acceptors (Lipinski definition) is 2. The number of piperazine rings is 1. The van der Waals surface area contributed by atoms with E-state index in [0.717, 1.165) is 30.4 Å². The molecule has 2 bridgehead atoms. The van der Waals surface area contributed by atoms with Crippen molar-refractivity contribution in [2.75, 3.05) is 13.1 Å². The molecule has 2 aliphatic rings. The number of fused-ring (bicyclic) bond motifs is 2. The van der Waals surface area contributed by atoms with Crippen molar-refractivity contribution in [3.05, 3.63) is 34.3 Å². The molecule has 2 saturated heterocycles. The van der Waals surface area contributed by atoms with Gasteiger partial charge in [-0.05, 0) is 43.4 Å². The summed E-state index contributed by atoms with van der Waals surface area (Å²) in [4.78, 5) is 15.1. The van der Waals surface area contributed by atoms with Gasteiger partial charge in [-0.15, -0.1) is 12.4 Å². The second-order valence-corrected chi connectivity index (χ2v) is 7.59. The van der Waals surface area contributed by atoms with Crippen LogP contribution in [-0.2, 0) is 11.2 Å². The third kappa shape index (κ3) is 4.71. The van der Waals surface area contributed by atoms with Gasteiger partial charge in [0.25, 0.3) is 0 Å². The number of nitrogens with zero attached hydrogens (tertiary/aromatic N) is 1. The van der Waals surface area contributed by atoms with Gasteiger partial charge in [-0.3, -0.25) is 4.79 Å². The van der Waals surface area contributed by atoms with E-state index in [9.17, 15) is 4.79 Å². The van der Waals surface area contributed by atoms with Gasteiger partial charge in [-0.2, -0.15) is 0 Å². The third-order valence-corrected chi connectivity index (χ3v) is 5.48. The van der Waals surface area contributed by atoms with Gasteiger partial charge >= 0.3 is 0 Å². The SMILES string of the molecule is CCC(Cc1cccc(Br)c1)C(=O)N1CC2CCCC(C1)N2.Cl. The van der Waals surface area contributed by atoms with E-state index in [2.05, 4.69) is 45.2 Å². The molecule has 1 aromatic carbocycles. The zero-order valence-corrected chi connectivity index (χ0v) is 16.0. The molecule has 3 atom stereocenters. The predicted octanol–water partition coefficient (Wildman–Crippen LogP) is 3.79. The highest BCUT2D eigenvalue weighted by molar-refractivity contribution is 9.10. The highest BCUT2D eigenvalue weighted by Crippen LogP contribution is 2.23. The van der Waals surface area contributed by atoms with E-state index in [0.29, 0.717) is 18.0 Å². The van der Waals surface area contributed by atoms with Gasteiger partial charge in [-0.1, -0.05) is 41.4 Å². The molecule has 128 valence electrons. The molecule has 1 N–H and O–H groups in total. The maximum absolute atomic E-state index is 12.9. The molecule has 2 aliphatic heterocycles. The molecule has 3 nitrogen and oxygen atoms in total. The number of carbonyl (C=O) groups excluding carboxylic acids is 1. The predicted molar refractivity (Wildman–Crippen MR) is 100 cm³/mol. The van der Waals surface area contributed by atoms with E-state index < -0.39 is 0 Å². The lowest BCUT2D eigenvalue weighted by molar-refractivity contribution is -0.138. The number of halogens is 2. The molecular weight excluding hydrogens is 376 g/mol. The number of benzene rings is 1. The maximum Gasteiger partial charge on any atom is 0.226 e. The summed E-state index contributed by atoms with van der Waals surface area (Å²) < 4.78 is 1.09. The zero-order valence-electron chi connectivity index (χ0n) is 13.6. The van der Waals surface area contributed by atoms with Crippen molar-refractivity contribution in [1.82, 2.24) is 10.2 Å². The van der Waals surface area contributed by atoms with Gasteiger partial charge in [0.2, 0.25) is 5.91 Å². The van der Waals surface area contributed by atoms with Crippen LogP contribution in [0.2, 0.25) is 0 Å². The van der Waals surface area contributed by atoms with E-state index in [1.165, 1.54) is 24.8 Å². The summed E-state index contributed by atoms with van der Waals surface area (Å²) in [5.74, 6) is 0.453. The Morgan fingerprint density at radius 2 is 2.04 bits per heavy atom. The van der Waals surface area contributed by atoms with Crippen molar-refractivity contribution in [3.8, 4) is 0 Å². The minimum atomic E-state index is 0. The zero-order chi connectivity index (χ0) is 15.5. The molecular formula is C18H26BrClN2O. The van der Waals surface area contributed by atoms with E-state index in [4.69, 9.17) is 0 Å². The summed E-state index contributed by atoms with van der Waals surface area (Å²) in [6.07, 6.45) is 5.48. The van der Waals surface area contributed by atoms with Crippen LogP contribution in [0, 0.1) is 5.92 Å². The third-order valence-electron chi connectivity index (χ3n) is 4.98. The van der Waals surface area contributed by atoms with Crippen LogP contribution in [0.3, 0.4) is 0 Å². The molecule has 0 radical (unpaired) electrons. The standard InChI is InChI=1S/C18H25BrN2O.ClH/c1-2-14(9-13-5-3-6-15(19)10-13)18(22)21-11-16-7-4-8-17(12-21)20-16;/h3,5-6,10,14,16-17,20H,2,4,7-9,11-12H2,1H3;1H. The lowest BCUT2D eigenvalue weighted by atomic mass is 9.91. The fourth-order valence-corrected chi connectivity index (χ4v) is 4.24. The van der Waals surface area contributed by atoms with E-state index in [1.54, 1.807) is 0 Å². The molecule has 0 aliphatic carbocycles. The minimum absolute atomic E-state index is 0. The Bertz CT molecular complexity index is 528. The Kier molecular flexibility index (Phi) is 6.93. The quantitative estimate of drug-likeness (QED) is 0.832. The van der Waals surface area contributed by atoms with Crippen LogP contribution in [0.4, 0.5) is 0 Å². The Morgan fingerprint density at radius 1 is 1.35 bits per heavy atom. The smallest absolute Gasteiger partial charge is 0.226 e. The van der Waals surface area contributed by atoms with Crippen molar-refractivity contribution < 1.29 is 4.79 Å². The summed E-state index contributed by atoms with van der Waals surface area (Å²) in [7, 11) is 0. The van der Waals surface area contributed by atoms with Gasteiger partial charge in [0.1, 0.15) is 0 Å². The highest BCUT2D eigenvalue weighted by atomic mass is 79.9. The molecule has 0 aromatic heterocycles. The number of rotatable bonds is 4. The van der Waals surface area contributed by atoms with E-state index in [1.807, 2.05) is 12.1 Å². The first kappa shape index (κ1) is 18.8. The fourth-order valence-electron chi connectivity index (χ4n) is 3.80. The molecule has 0 saturated carbocycles. The van der Waals surface area contributed by atoms with Crippen molar-refractivity contribution in [3.63, 3.8) is 0 Å². The normalized spacial score (nSPS) is 24.7. The molecule has 23 heavy (non-hydrogen) atoms. The van der Waals surface area contributed by atoms with Gasteiger partial charge in [0.05, 0.1) is 0 Å². The Hall–Kier alpha value is -0.580. The van der Waals surface area contributed by atoms with Crippen molar-refractivity contribution >= 4 is 34.2 Å². The van der Waals surface area contributed by atoms with Gasteiger partial charge in [0.15, 0.2) is 0 Å². The average Bonchev–Trinajstić information content (AvgIpc) is 2.51. The van der Waals surface area contributed by atoms with Crippen LogP contribution in [0.5, 0.6) is 0 Å².